The maximum atomic E-state index is 12.5. The van der Waals surface area contributed by atoms with E-state index in [-0.39, 0.29) is 12.0 Å². The largest absolute Gasteiger partial charge is 0.465 e. The van der Waals surface area contributed by atoms with Gasteiger partial charge in [0.15, 0.2) is 0 Å². The van der Waals surface area contributed by atoms with Crippen LogP contribution in [-0.4, -0.2) is 30.1 Å². The Morgan fingerprint density at radius 2 is 1.51 bits per heavy atom. The summed E-state index contributed by atoms with van der Waals surface area (Å²) in [5, 5.41) is 4.64. The fourth-order valence-electron chi connectivity index (χ4n) is 4.65. The van der Waals surface area contributed by atoms with Crippen molar-refractivity contribution in [3.05, 3.63) is 48.2 Å². The number of allylic oxidation sites excluding steroid dienone is 2. The van der Waals surface area contributed by atoms with Gasteiger partial charge in [-0.15, -0.1) is 0 Å². The lowest BCUT2D eigenvalue weighted by Gasteiger charge is -2.17. The summed E-state index contributed by atoms with van der Waals surface area (Å²) in [5.74, 6) is -0.151. The highest BCUT2D eigenvalue weighted by atomic mass is 16.5. The van der Waals surface area contributed by atoms with Gasteiger partial charge in [-0.2, -0.15) is 0 Å². The molecule has 0 bridgehead atoms. The topological polar surface area (TPSA) is 54.1 Å². The molecule has 1 aromatic heterocycles. The van der Waals surface area contributed by atoms with Crippen LogP contribution in [0.2, 0.25) is 0 Å². The summed E-state index contributed by atoms with van der Waals surface area (Å²) in [5.41, 5.74) is 2.27. The zero-order chi connectivity index (χ0) is 25.0. The zero-order valence-corrected chi connectivity index (χ0v) is 22.5. The minimum atomic E-state index is -0.294. The molecule has 4 heteroatoms. The van der Waals surface area contributed by atoms with E-state index in [4.69, 9.17) is 4.74 Å². The molecular weight excluding hydrogens is 432 g/mol. The number of benzene rings is 1. The maximum absolute atomic E-state index is 12.5. The second-order valence-corrected chi connectivity index (χ2v) is 9.76. The third-order valence-electron chi connectivity index (χ3n) is 6.75. The number of fused-ring (bicyclic) bond motifs is 1. The van der Waals surface area contributed by atoms with Crippen molar-refractivity contribution < 1.29 is 9.53 Å². The molecule has 4 nitrogen and oxygen atoms in total. The number of aromatic nitrogens is 1. The SMILES string of the molecule is CCCCCCCC/C=C\CCCCCCCCNC(Cc1c[nH]c2ccccc12)C(=O)OCC. The Hall–Kier alpha value is -2.07. The number of carbonyl (C=O) groups excluding carboxylic acids is 1. The number of hydrogen-bond acceptors (Lipinski definition) is 3. The number of hydrogen-bond donors (Lipinski definition) is 2. The number of H-pyrrole nitrogens is 1. The normalized spacial score (nSPS) is 12.5. The quantitative estimate of drug-likeness (QED) is 0.107. The van der Waals surface area contributed by atoms with Gasteiger partial charge in [0.05, 0.1) is 6.61 Å². The van der Waals surface area contributed by atoms with Gasteiger partial charge in [-0.05, 0) is 57.2 Å². The van der Waals surface area contributed by atoms with Gasteiger partial charge in [0.1, 0.15) is 6.04 Å². The predicted octanol–water partition coefficient (Wildman–Crippen LogP) is 8.27. The van der Waals surface area contributed by atoms with Crippen LogP contribution in [-0.2, 0) is 16.0 Å². The molecule has 0 aliphatic heterocycles. The van der Waals surface area contributed by atoms with Crippen LogP contribution in [0.3, 0.4) is 0 Å². The van der Waals surface area contributed by atoms with Crippen molar-refractivity contribution in [3.63, 3.8) is 0 Å². The second kappa shape index (κ2) is 19.2. The van der Waals surface area contributed by atoms with Crippen molar-refractivity contribution in [2.75, 3.05) is 13.2 Å². The van der Waals surface area contributed by atoms with Crippen molar-refractivity contribution in [1.82, 2.24) is 10.3 Å². The van der Waals surface area contributed by atoms with Gasteiger partial charge in [-0.3, -0.25) is 4.79 Å². The van der Waals surface area contributed by atoms with Crippen LogP contribution in [0.25, 0.3) is 10.9 Å². The van der Waals surface area contributed by atoms with Crippen molar-refractivity contribution in [2.24, 2.45) is 0 Å². The first-order valence-corrected chi connectivity index (χ1v) is 14.4. The van der Waals surface area contributed by atoms with E-state index >= 15 is 0 Å². The third-order valence-corrected chi connectivity index (χ3v) is 6.75. The highest BCUT2D eigenvalue weighted by Crippen LogP contribution is 2.19. The smallest absolute Gasteiger partial charge is 0.323 e. The molecule has 0 saturated carbocycles. The van der Waals surface area contributed by atoms with Crippen LogP contribution in [0.15, 0.2) is 42.6 Å². The highest BCUT2D eigenvalue weighted by molar-refractivity contribution is 5.84. The number of unbranched alkanes of at least 4 members (excludes halogenated alkanes) is 12. The fraction of sp³-hybridized carbons (Fsp3) is 0.645. The summed E-state index contributed by atoms with van der Waals surface area (Å²) in [6.07, 6.45) is 25.7. The molecule has 0 saturated heterocycles. The number of esters is 1. The van der Waals surface area contributed by atoms with Gasteiger partial charge in [0, 0.05) is 23.5 Å². The van der Waals surface area contributed by atoms with E-state index in [0.29, 0.717) is 13.0 Å². The lowest BCUT2D eigenvalue weighted by atomic mass is 10.0. The average molecular weight is 483 g/mol. The van der Waals surface area contributed by atoms with Crippen molar-refractivity contribution >= 4 is 16.9 Å². The minimum absolute atomic E-state index is 0.151. The first-order valence-electron chi connectivity index (χ1n) is 14.4. The Morgan fingerprint density at radius 3 is 2.20 bits per heavy atom. The van der Waals surface area contributed by atoms with E-state index in [1.165, 1.54) is 88.9 Å². The van der Waals surface area contributed by atoms with E-state index in [1.807, 2.05) is 25.3 Å². The first-order chi connectivity index (χ1) is 17.3. The number of carbonyl (C=O) groups is 1. The molecule has 0 amide bonds. The fourth-order valence-corrected chi connectivity index (χ4v) is 4.65. The summed E-state index contributed by atoms with van der Waals surface area (Å²) < 4.78 is 5.33. The first kappa shape index (κ1) is 29.2. The highest BCUT2D eigenvalue weighted by Gasteiger charge is 2.21. The Kier molecular flexibility index (Phi) is 16.0. The molecule has 1 heterocycles. The van der Waals surface area contributed by atoms with Gasteiger partial charge < -0.3 is 15.0 Å². The Labute approximate surface area is 214 Å². The zero-order valence-electron chi connectivity index (χ0n) is 22.5. The second-order valence-electron chi connectivity index (χ2n) is 9.76. The molecule has 196 valence electrons. The predicted molar refractivity (Wildman–Crippen MR) is 150 cm³/mol. The molecule has 0 fully saturated rings. The Bertz CT molecular complexity index is 826. The van der Waals surface area contributed by atoms with Crippen LogP contribution in [0.4, 0.5) is 0 Å². The van der Waals surface area contributed by atoms with Gasteiger partial charge in [-0.25, -0.2) is 0 Å². The molecule has 1 aromatic carbocycles. The molecule has 2 N–H and O–H groups in total. The molecule has 1 unspecified atom stereocenters. The number of ether oxygens (including phenoxy) is 1. The molecule has 35 heavy (non-hydrogen) atoms. The average Bonchev–Trinajstić information content (AvgIpc) is 3.28. The lowest BCUT2D eigenvalue weighted by Crippen LogP contribution is -2.40. The van der Waals surface area contributed by atoms with E-state index in [1.54, 1.807) is 0 Å². The van der Waals surface area contributed by atoms with E-state index in [9.17, 15) is 4.79 Å². The van der Waals surface area contributed by atoms with Crippen LogP contribution < -0.4 is 5.32 Å². The molecule has 0 radical (unpaired) electrons. The Balaban J connectivity index is 1.52. The third kappa shape index (κ3) is 12.5. The van der Waals surface area contributed by atoms with E-state index in [0.717, 1.165) is 24.0 Å². The number of rotatable bonds is 21. The molecule has 0 aliphatic rings. The van der Waals surface area contributed by atoms with Crippen LogP contribution >= 0.6 is 0 Å². The van der Waals surface area contributed by atoms with Gasteiger partial charge in [-0.1, -0.05) is 95.1 Å². The van der Waals surface area contributed by atoms with Crippen LogP contribution in [0.1, 0.15) is 109 Å². The molecule has 0 aliphatic carbocycles. The number of aromatic amines is 1. The maximum Gasteiger partial charge on any atom is 0.323 e. The van der Waals surface area contributed by atoms with E-state index < -0.39 is 0 Å². The van der Waals surface area contributed by atoms with Gasteiger partial charge >= 0.3 is 5.97 Å². The summed E-state index contributed by atoms with van der Waals surface area (Å²) in [6.45, 7) is 5.41. The van der Waals surface area contributed by atoms with Crippen LogP contribution in [0, 0.1) is 0 Å². The van der Waals surface area contributed by atoms with E-state index in [2.05, 4.69) is 41.5 Å². The lowest BCUT2D eigenvalue weighted by molar-refractivity contribution is -0.145. The standard InChI is InChI=1S/C31H50N2O2/c1-3-5-6-7-8-9-10-11-12-13-14-15-16-17-18-21-24-32-30(31(34)35-4-2)25-27-26-33-29-23-20-19-22-28(27)29/h11-12,19-20,22-23,26,30,32-33H,3-10,13-18,21,24-25H2,1-2H3/b12-11-. The number of para-hydroxylation sites is 1. The summed E-state index contributed by atoms with van der Waals surface area (Å²) in [4.78, 5) is 15.8. The molecule has 0 spiro atoms. The molecular formula is C31H50N2O2. The summed E-state index contributed by atoms with van der Waals surface area (Å²) in [6, 6.07) is 7.95. The minimum Gasteiger partial charge on any atom is -0.465 e. The Morgan fingerprint density at radius 1 is 0.886 bits per heavy atom. The molecule has 2 rings (SSSR count). The van der Waals surface area contributed by atoms with Crippen molar-refractivity contribution in [1.29, 1.82) is 0 Å². The van der Waals surface area contributed by atoms with Crippen molar-refractivity contribution in [3.8, 4) is 0 Å². The van der Waals surface area contributed by atoms with Gasteiger partial charge in [0.25, 0.3) is 0 Å². The van der Waals surface area contributed by atoms with Crippen molar-refractivity contribution in [2.45, 2.75) is 116 Å². The van der Waals surface area contributed by atoms with Gasteiger partial charge in [0.2, 0.25) is 0 Å². The summed E-state index contributed by atoms with van der Waals surface area (Å²) in [7, 11) is 0. The monoisotopic (exact) mass is 482 g/mol. The summed E-state index contributed by atoms with van der Waals surface area (Å²) >= 11 is 0. The molecule has 2 aromatic rings. The number of nitrogens with one attached hydrogen (secondary N) is 2. The molecule has 1 atom stereocenters. The van der Waals surface area contributed by atoms with Crippen LogP contribution in [0.5, 0.6) is 0 Å².